The second-order valence-electron chi connectivity index (χ2n) is 5.39. The summed E-state index contributed by atoms with van der Waals surface area (Å²) in [6.45, 7) is 4.87. The molecule has 0 saturated carbocycles. The number of aryl methyl sites for hydroxylation is 1. The largest absolute Gasteiger partial charge is 0.493 e. The molecule has 0 radical (unpaired) electrons. The summed E-state index contributed by atoms with van der Waals surface area (Å²) < 4.78 is 5.44. The fourth-order valence-corrected chi connectivity index (χ4v) is 3.15. The predicted octanol–water partition coefficient (Wildman–Crippen LogP) is 2.84. The second kappa shape index (κ2) is 8.49. The van der Waals surface area contributed by atoms with Gasteiger partial charge in [-0.25, -0.2) is 0 Å². The third-order valence-electron chi connectivity index (χ3n) is 3.61. The topological polar surface area (TPSA) is 58.6 Å². The van der Waals surface area contributed by atoms with Crippen molar-refractivity contribution in [3.63, 3.8) is 0 Å². The Balaban J connectivity index is 1.91. The van der Waals surface area contributed by atoms with E-state index in [1.54, 1.807) is 41.5 Å². The first-order chi connectivity index (χ1) is 11.5. The van der Waals surface area contributed by atoms with Gasteiger partial charge in [-0.1, -0.05) is 12.1 Å². The molecule has 0 fully saturated rings. The molecule has 0 aliphatic heterocycles. The monoisotopic (exact) mass is 346 g/mol. The molecule has 0 aliphatic carbocycles. The molecule has 1 aromatic carbocycles. The maximum Gasteiger partial charge on any atom is 0.255 e. The number of likely N-dealkylation sites (N-methyl/N-ethyl adjacent to an activating group) is 1. The normalized spacial score (nSPS) is 10.3. The van der Waals surface area contributed by atoms with Gasteiger partial charge in [0.2, 0.25) is 5.91 Å². The first-order valence-corrected chi connectivity index (χ1v) is 8.67. The van der Waals surface area contributed by atoms with E-state index in [0.29, 0.717) is 24.5 Å². The third kappa shape index (κ3) is 4.58. The number of thiophene rings is 1. The number of carbonyl (C=O) groups excluding carboxylic acids is 2. The van der Waals surface area contributed by atoms with E-state index in [-0.39, 0.29) is 18.4 Å². The van der Waals surface area contributed by atoms with Gasteiger partial charge in [0.05, 0.1) is 25.3 Å². The van der Waals surface area contributed by atoms with E-state index in [2.05, 4.69) is 5.32 Å². The highest BCUT2D eigenvalue weighted by Crippen LogP contribution is 2.18. The number of amides is 2. The van der Waals surface area contributed by atoms with Crippen LogP contribution in [0.3, 0.4) is 0 Å². The molecule has 24 heavy (non-hydrogen) atoms. The molecule has 2 rings (SSSR count). The van der Waals surface area contributed by atoms with Gasteiger partial charge in [-0.2, -0.15) is 0 Å². The molecule has 1 aromatic heterocycles. The van der Waals surface area contributed by atoms with Crippen LogP contribution in [-0.2, 0) is 11.3 Å². The number of nitrogens with zero attached hydrogens (tertiary/aromatic N) is 1. The van der Waals surface area contributed by atoms with Crippen molar-refractivity contribution in [1.29, 1.82) is 0 Å². The lowest BCUT2D eigenvalue weighted by atomic mass is 10.2. The van der Waals surface area contributed by atoms with E-state index < -0.39 is 0 Å². The Hall–Kier alpha value is -2.34. The summed E-state index contributed by atoms with van der Waals surface area (Å²) in [5, 5.41) is 4.68. The minimum absolute atomic E-state index is 0.0415. The van der Waals surface area contributed by atoms with Crippen LogP contribution in [0.1, 0.15) is 27.7 Å². The second-order valence-corrected chi connectivity index (χ2v) is 6.39. The molecular formula is C18H22N2O3S. The molecule has 0 bridgehead atoms. The molecular weight excluding hydrogens is 324 g/mol. The minimum Gasteiger partial charge on any atom is -0.493 e. The van der Waals surface area contributed by atoms with Crippen molar-refractivity contribution in [2.45, 2.75) is 20.4 Å². The fourth-order valence-electron chi connectivity index (χ4n) is 2.19. The van der Waals surface area contributed by atoms with E-state index in [1.807, 2.05) is 31.4 Å². The number of hydrogen-bond donors (Lipinski definition) is 1. The molecule has 0 atom stereocenters. The first kappa shape index (κ1) is 18.0. The van der Waals surface area contributed by atoms with Crippen molar-refractivity contribution in [3.05, 3.63) is 51.7 Å². The molecule has 0 aliphatic rings. The molecule has 5 nitrogen and oxygen atoms in total. The van der Waals surface area contributed by atoms with Crippen LogP contribution < -0.4 is 10.1 Å². The van der Waals surface area contributed by atoms with E-state index in [0.717, 1.165) is 4.88 Å². The highest BCUT2D eigenvalue weighted by Gasteiger charge is 2.15. The standard InChI is InChI=1S/C18H22N2O3S/c1-4-23-15-8-6-5-7-14(15)18(22)19-11-17(21)20(3)12-16-13(2)9-10-24-16/h5-10H,4,11-12H2,1-3H3,(H,19,22). The van der Waals surface area contributed by atoms with Crippen LogP contribution in [0.15, 0.2) is 35.7 Å². The zero-order valence-corrected chi connectivity index (χ0v) is 15.0. The average molecular weight is 346 g/mol. The number of carbonyl (C=O) groups is 2. The van der Waals surface area contributed by atoms with Crippen molar-refractivity contribution in [2.24, 2.45) is 0 Å². The Morgan fingerprint density at radius 1 is 1.25 bits per heavy atom. The van der Waals surface area contributed by atoms with Crippen molar-refractivity contribution in [2.75, 3.05) is 20.2 Å². The van der Waals surface area contributed by atoms with Gasteiger partial charge in [0.15, 0.2) is 0 Å². The Kier molecular flexibility index (Phi) is 6.37. The Morgan fingerprint density at radius 2 is 2.00 bits per heavy atom. The van der Waals surface area contributed by atoms with E-state index >= 15 is 0 Å². The molecule has 2 amide bonds. The summed E-state index contributed by atoms with van der Waals surface area (Å²) in [5.41, 5.74) is 1.61. The summed E-state index contributed by atoms with van der Waals surface area (Å²) in [6.07, 6.45) is 0. The van der Waals surface area contributed by atoms with Gasteiger partial charge in [-0.3, -0.25) is 9.59 Å². The van der Waals surface area contributed by atoms with Crippen LogP contribution in [0.5, 0.6) is 5.75 Å². The molecule has 0 spiro atoms. The van der Waals surface area contributed by atoms with Gasteiger partial charge in [-0.05, 0) is 43.0 Å². The number of benzene rings is 1. The summed E-state index contributed by atoms with van der Waals surface area (Å²) in [4.78, 5) is 27.3. The SMILES string of the molecule is CCOc1ccccc1C(=O)NCC(=O)N(C)Cc1sccc1C. The van der Waals surface area contributed by atoms with Crippen LogP contribution in [0, 0.1) is 6.92 Å². The molecule has 0 saturated heterocycles. The third-order valence-corrected chi connectivity index (χ3v) is 4.61. The van der Waals surface area contributed by atoms with Crippen LogP contribution in [0.4, 0.5) is 0 Å². The van der Waals surface area contributed by atoms with Gasteiger partial charge >= 0.3 is 0 Å². The lowest BCUT2D eigenvalue weighted by Crippen LogP contribution is -2.37. The first-order valence-electron chi connectivity index (χ1n) is 7.80. The summed E-state index contributed by atoms with van der Waals surface area (Å²) in [5.74, 6) is 0.0747. The quantitative estimate of drug-likeness (QED) is 0.839. The molecule has 2 aromatic rings. The molecule has 6 heteroatoms. The average Bonchev–Trinajstić information content (AvgIpc) is 2.98. The summed E-state index contributed by atoms with van der Waals surface area (Å²) >= 11 is 1.63. The highest BCUT2D eigenvalue weighted by atomic mass is 32.1. The zero-order valence-electron chi connectivity index (χ0n) is 14.2. The summed E-state index contributed by atoms with van der Waals surface area (Å²) in [7, 11) is 1.74. The number of nitrogens with one attached hydrogen (secondary N) is 1. The maximum atomic E-state index is 12.3. The molecule has 1 heterocycles. The predicted molar refractivity (Wildman–Crippen MR) is 95.5 cm³/mol. The number of rotatable bonds is 7. The Bertz CT molecular complexity index is 712. The zero-order chi connectivity index (χ0) is 17.5. The van der Waals surface area contributed by atoms with E-state index in [9.17, 15) is 9.59 Å². The van der Waals surface area contributed by atoms with Gasteiger partial charge in [0.1, 0.15) is 5.75 Å². The van der Waals surface area contributed by atoms with Crippen molar-refractivity contribution in [1.82, 2.24) is 10.2 Å². The molecule has 1 N–H and O–H groups in total. The lowest BCUT2D eigenvalue weighted by molar-refractivity contribution is -0.129. The maximum absolute atomic E-state index is 12.3. The van der Waals surface area contributed by atoms with Crippen molar-refractivity contribution >= 4 is 23.2 Å². The molecule has 128 valence electrons. The minimum atomic E-state index is -0.312. The number of para-hydroxylation sites is 1. The summed E-state index contributed by atoms with van der Waals surface area (Å²) in [6, 6.07) is 9.04. The van der Waals surface area contributed by atoms with Crippen LogP contribution >= 0.6 is 11.3 Å². The smallest absolute Gasteiger partial charge is 0.255 e. The highest BCUT2D eigenvalue weighted by molar-refractivity contribution is 7.10. The molecule has 0 unspecified atom stereocenters. The number of ether oxygens (including phenoxy) is 1. The lowest BCUT2D eigenvalue weighted by Gasteiger charge is -2.17. The fraction of sp³-hybridized carbons (Fsp3) is 0.333. The van der Waals surface area contributed by atoms with Crippen molar-refractivity contribution in [3.8, 4) is 5.75 Å². The van der Waals surface area contributed by atoms with E-state index in [1.165, 1.54) is 5.56 Å². The van der Waals surface area contributed by atoms with Gasteiger partial charge in [0.25, 0.3) is 5.91 Å². The van der Waals surface area contributed by atoms with Gasteiger partial charge in [0, 0.05) is 11.9 Å². The van der Waals surface area contributed by atoms with Crippen LogP contribution in [0.25, 0.3) is 0 Å². The van der Waals surface area contributed by atoms with Gasteiger partial charge in [-0.15, -0.1) is 11.3 Å². The Labute approximate surface area is 146 Å². The van der Waals surface area contributed by atoms with Gasteiger partial charge < -0.3 is 15.0 Å². The van der Waals surface area contributed by atoms with Crippen LogP contribution in [0.2, 0.25) is 0 Å². The van der Waals surface area contributed by atoms with E-state index in [4.69, 9.17) is 4.74 Å². The Morgan fingerprint density at radius 3 is 2.67 bits per heavy atom. The van der Waals surface area contributed by atoms with Crippen LogP contribution in [-0.4, -0.2) is 36.9 Å². The number of hydrogen-bond acceptors (Lipinski definition) is 4. The van der Waals surface area contributed by atoms with Crippen molar-refractivity contribution < 1.29 is 14.3 Å².